The standard InChI is InChI=1S/C17H17F3N2O2S/c1-11-7-13-9-15(25(21,23)24)5-6-16(13)22(11)10-12-3-2-4-14(8-12)17(18,19)20/h2-6,8-9,11H,7,10H2,1H3,(H2,21,23,24)/t11-/m0/s1. The van der Waals surface area contributed by atoms with Crippen LogP contribution in [0, 0.1) is 0 Å². The summed E-state index contributed by atoms with van der Waals surface area (Å²) in [5, 5.41) is 5.15. The van der Waals surface area contributed by atoms with E-state index in [1.54, 1.807) is 12.1 Å². The third-order valence-electron chi connectivity index (χ3n) is 4.34. The largest absolute Gasteiger partial charge is 0.416 e. The Morgan fingerprint density at radius 3 is 2.56 bits per heavy atom. The van der Waals surface area contributed by atoms with Crippen molar-refractivity contribution >= 4 is 15.7 Å². The average Bonchev–Trinajstić information content (AvgIpc) is 2.81. The zero-order valence-corrected chi connectivity index (χ0v) is 14.2. The van der Waals surface area contributed by atoms with Gasteiger partial charge in [-0.1, -0.05) is 12.1 Å². The normalized spacial score (nSPS) is 17.6. The maximum Gasteiger partial charge on any atom is 0.416 e. The van der Waals surface area contributed by atoms with Gasteiger partial charge in [0.05, 0.1) is 10.5 Å². The molecule has 0 saturated heterocycles. The van der Waals surface area contributed by atoms with Crippen molar-refractivity contribution in [1.82, 2.24) is 0 Å². The minimum absolute atomic E-state index is 0.0411. The van der Waals surface area contributed by atoms with Crippen LogP contribution < -0.4 is 10.0 Å². The zero-order chi connectivity index (χ0) is 18.4. The van der Waals surface area contributed by atoms with Crippen molar-refractivity contribution in [3.63, 3.8) is 0 Å². The molecule has 1 atom stereocenters. The van der Waals surface area contributed by atoms with Gasteiger partial charge in [0.25, 0.3) is 0 Å². The van der Waals surface area contributed by atoms with Crippen LogP contribution in [0.25, 0.3) is 0 Å². The molecule has 0 bridgehead atoms. The molecule has 25 heavy (non-hydrogen) atoms. The lowest BCUT2D eigenvalue weighted by Gasteiger charge is -2.25. The Labute approximate surface area is 144 Å². The number of nitrogens with two attached hydrogens (primary N) is 1. The van der Waals surface area contributed by atoms with E-state index in [0.29, 0.717) is 18.5 Å². The number of sulfonamides is 1. The minimum atomic E-state index is -4.38. The lowest BCUT2D eigenvalue weighted by molar-refractivity contribution is -0.137. The quantitative estimate of drug-likeness (QED) is 0.902. The van der Waals surface area contributed by atoms with Crippen LogP contribution in [-0.2, 0) is 29.2 Å². The van der Waals surface area contributed by atoms with Crippen molar-refractivity contribution < 1.29 is 21.6 Å². The van der Waals surface area contributed by atoms with E-state index in [2.05, 4.69) is 0 Å². The summed E-state index contributed by atoms with van der Waals surface area (Å²) in [7, 11) is -3.78. The molecule has 0 amide bonds. The summed E-state index contributed by atoms with van der Waals surface area (Å²) in [6.07, 6.45) is -3.77. The molecule has 2 aromatic rings. The second-order valence-corrected chi connectivity index (χ2v) is 7.78. The molecule has 0 unspecified atom stereocenters. The van der Waals surface area contributed by atoms with E-state index in [9.17, 15) is 21.6 Å². The Kier molecular flexibility index (Phi) is 4.28. The van der Waals surface area contributed by atoms with Crippen molar-refractivity contribution in [3.8, 4) is 0 Å². The van der Waals surface area contributed by atoms with Gasteiger partial charge in [-0.05, 0) is 54.8 Å². The number of benzene rings is 2. The Bertz CT molecular complexity index is 910. The average molecular weight is 370 g/mol. The van der Waals surface area contributed by atoms with Crippen LogP contribution in [0.15, 0.2) is 47.4 Å². The molecule has 4 nitrogen and oxygen atoms in total. The monoisotopic (exact) mass is 370 g/mol. The van der Waals surface area contributed by atoms with Crippen molar-refractivity contribution in [3.05, 3.63) is 59.2 Å². The Morgan fingerprint density at radius 1 is 1.20 bits per heavy atom. The van der Waals surface area contributed by atoms with Crippen LogP contribution in [0.3, 0.4) is 0 Å². The van der Waals surface area contributed by atoms with Crippen LogP contribution >= 0.6 is 0 Å². The van der Waals surface area contributed by atoms with Gasteiger partial charge in [0.15, 0.2) is 0 Å². The highest BCUT2D eigenvalue weighted by atomic mass is 32.2. The van der Waals surface area contributed by atoms with Crippen molar-refractivity contribution in [1.29, 1.82) is 0 Å². The number of primary sulfonamides is 1. The minimum Gasteiger partial charge on any atom is -0.364 e. The number of fused-ring (bicyclic) bond motifs is 1. The maximum absolute atomic E-state index is 12.9. The topological polar surface area (TPSA) is 63.4 Å². The summed E-state index contributed by atoms with van der Waals surface area (Å²) >= 11 is 0. The van der Waals surface area contributed by atoms with Crippen molar-refractivity contribution in [2.75, 3.05) is 4.90 Å². The SMILES string of the molecule is C[C@H]1Cc2cc(S(N)(=O)=O)ccc2N1Cc1cccc(C(F)(F)F)c1. The second kappa shape index (κ2) is 6.03. The summed E-state index contributed by atoms with van der Waals surface area (Å²) in [6.45, 7) is 2.26. The molecule has 3 rings (SSSR count). The summed E-state index contributed by atoms with van der Waals surface area (Å²) in [5.41, 5.74) is 1.51. The van der Waals surface area contributed by atoms with Gasteiger partial charge in [0, 0.05) is 18.3 Å². The summed E-state index contributed by atoms with van der Waals surface area (Å²) in [6, 6.07) is 9.89. The number of anilines is 1. The van der Waals surface area contributed by atoms with Crippen molar-refractivity contribution in [2.45, 2.75) is 37.0 Å². The Hall–Kier alpha value is -2.06. The molecule has 8 heteroatoms. The molecule has 1 aliphatic heterocycles. The van der Waals surface area contributed by atoms with E-state index in [0.717, 1.165) is 23.4 Å². The third kappa shape index (κ3) is 3.64. The van der Waals surface area contributed by atoms with Gasteiger partial charge in [0.2, 0.25) is 10.0 Å². The predicted octanol–water partition coefficient (Wildman–Crippen LogP) is 3.30. The molecule has 134 valence electrons. The number of halogens is 3. The first-order valence-corrected chi connectivity index (χ1v) is 9.19. The van der Waals surface area contributed by atoms with E-state index in [1.807, 2.05) is 11.8 Å². The number of hydrogen-bond acceptors (Lipinski definition) is 3. The van der Waals surface area contributed by atoms with Gasteiger partial charge in [-0.15, -0.1) is 0 Å². The van der Waals surface area contributed by atoms with Gasteiger partial charge < -0.3 is 4.90 Å². The molecular formula is C17H17F3N2O2S. The smallest absolute Gasteiger partial charge is 0.364 e. The van der Waals surface area contributed by atoms with Crippen molar-refractivity contribution in [2.24, 2.45) is 5.14 Å². The highest BCUT2D eigenvalue weighted by Crippen LogP contribution is 2.35. The van der Waals surface area contributed by atoms with Crippen LogP contribution in [0.2, 0.25) is 0 Å². The van der Waals surface area contributed by atoms with E-state index >= 15 is 0 Å². The fourth-order valence-electron chi connectivity index (χ4n) is 3.13. The first-order chi connectivity index (χ1) is 11.6. The van der Waals surface area contributed by atoms with Crippen LogP contribution in [0.1, 0.15) is 23.6 Å². The highest BCUT2D eigenvalue weighted by Gasteiger charge is 2.31. The van der Waals surface area contributed by atoms with Gasteiger partial charge in [0.1, 0.15) is 0 Å². The van der Waals surface area contributed by atoms with Crippen LogP contribution in [-0.4, -0.2) is 14.5 Å². The fourth-order valence-corrected chi connectivity index (χ4v) is 3.70. The van der Waals surface area contributed by atoms with E-state index in [4.69, 9.17) is 5.14 Å². The first kappa shape index (κ1) is 17.8. The molecular weight excluding hydrogens is 353 g/mol. The highest BCUT2D eigenvalue weighted by molar-refractivity contribution is 7.89. The van der Waals surface area contributed by atoms with Crippen LogP contribution in [0.4, 0.5) is 18.9 Å². The Balaban J connectivity index is 1.91. The molecule has 1 heterocycles. The van der Waals surface area contributed by atoms with Gasteiger partial charge in [-0.3, -0.25) is 0 Å². The molecule has 2 aromatic carbocycles. The molecule has 0 fully saturated rings. The van der Waals surface area contributed by atoms with E-state index < -0.39 is 21.8 Å². The van der Waals surface area contributed by atoms with Gasteiger partial charge in [-0.25, -0.2) is 13.6 Å². The van der Waals surface area contributed by atoms with Crippen LogP contribution in [0.5, 0.6) is 0 Å². The maximum atomic E-state index is 12.9. The number of nitrogens with zero attached hydrogens (tertiary/aromatic N) is 1. The Morgan fingerprint density at radius 2 is 1.92 bits per heavy atom. The van der Waals surface area contributed by atoms with Gasteiger partial charge >= 0.3 is 6.18 Å². The molecule has 0 radical (unpaired) electrons. The number of hydrogen-bond donors (Lipinski definition) is 1. The molecule has 0 aromatic heterocycles. The molecule has 1 aliphatic rings. The zero-order valence-electron chi connectivity index (χ0n) is 13.4. The first-order valence-electron chi connectivity index (χ1n) is 7.64. The summed E-state index contributed by atoms with van der Waals surface area (Å²) in [5.74, 6) is 0. The number of rotatable bonds is 3. The lowest BCUT2D eigenvalue weighted by Crippen LogP contribution is -2.28. The second-order valence-electron chi connectivity index (χ2n) is 6.21. The number of alkyl halides is 3. The van der Waals surface area contributed by atoms with Gasteiger partial charge in [-0.2, -0.15) is 13.2 Å². The summed E-state index contributed by atoms with van der Waals surface area (Å²) in [4.78, 5) is 2.01. The third-order valence-corrected chi connectivity index (χ3v) is 5.25. The molecule has 0 aliphatic carbocycles. The predicted molar refractivity (Wildman–Crippen MR) is 88.6 cm³/mol. The fraction of sp³-hybridized carbons (Fsp3) is 0.294. The molecule has 0 saturated carbocycles. The molecule has 0 spiro atoms. The van der Waals surface area contributed by atoms with E-state index in [1.165, 1.54) is 18.2 Å². The van der Waals surface area contributed by atoms with E-state index in [-0.39, 0.29) is 10.9 Å². The lowest BCUT2D eigenvalue weighted by atomic mass is 10.1. The molecule has 2 N–H and O–H groups in total. The summed E-state index contributed by atoms with van der Waals surface area (Å²) < 4.78 is 61.6.